The molecule has 2 amide bonds. The number of ether oxygens (including phenoxy) is 2. The fraction of sp³-hybridized carbons (Fsp3) is 0.310. The molecule has 3 rings (SSSR count). The summed E-state index contributed by atoms with van der Waals surface area (Å²) in [5.41, 5.74) is 1.31. The second kappa shape index (κ2) is 13.0. The summed E-state index contributed by atoms with van der Waals surface area (Å²) < 4.78 is 11.9. The number of carbonyl (C=O) groups is 2. The van der Waals surface area contributed by atoms with Gasteiger partial charge in [0.05, 0.1) is 11.6 Å². The molecular weight excluding hydrogens is 556 g/mol. The maximum absolute atomic E-state index is 13.7. The number of benzene rings is 3. The molecule has 8 heteroatoms. The van der Waals surface area contributed by atoms with Crippen LogP contribution in [-0.2, 0) is 22.6 Å². The summed E-state index contributed by atoms with van der Waals surface area (Å²) in [6, 6.07) is 21.4. The number of halogens is 2. The van der Waals surface area contributed by atoms with E-state index in [-0.39, 0.29) is 25.0 Å². The van der Waals surface area contributed by atoms with Gasteiger partial charge < -0.3 is 19.7 Å². The Hall–Kier alpha value is -3.03. The highest BCUT2D eigenvalue weighted by atomic mass is 79.9. The first kappa shape index (κ1) is 28.5. The Morgan fingerprint density at radius 2 is 1.70 bits per heavy atom. The Balaban J connectivity index is 1.95. The smallest absolute Gasteiger partial charge is 0.261 e. The van der Waals surface area contributed by atoms with Gasteiger partial charge in [0.15, 0.2) is 6.61 Å². The highest BCUT2D eigenvalue weighted by Gasteiger charge is 2.32. The normalized spacial score (nSPS) is 11.9. The van der Waals surface area contributed by atoms with Crippen LogP contribution < -0.4 is 14.8 Å². The van der Waals surface area contributed by atoms with E-state index in [0.717, 1.165) is 11.1 Å². The SMILES string of the molecule is COc1cccc(CN(C(=O)COc2ccc(Cl)cc2Br)[C@H](Cc2ccccc2)C(=O)NC(C)(C)C)c1. The molecule has 196 valence electrons. The molecule has 0 aliphatic rings. The third-order valence-electron chi connectivity index (χ3n) is 5.50. The molecule has 1 atom stereocenters. The Labute approximate surface area is 232 Å². The zero-order chi connectivity index (χ0) is 27.0. The van der Waals surface area contributed by atoms with Gasteiger partial charge in [-0.3, -0.25) is 9.59 Å². The van der Waals surface area contributed by atoms with Crippen LogP contribution >= 0.6 is 27.5 Å². The molecule has 0 spiro atoms. The molecule has 37 heavy (non-hydrogen) atoms. The van der Waals surface area contributed by atoms with E-state index in [9.17, 15) is 9.59 Å². The summed E-state index contributed by atoms with van der Waals surface area (Å²) in [6.45, 7) is 5.70. The molecule has 0 aliphatic carbocycles. The van der Waals surface area contributed by atoms with E-state index in [4.69, 9.17) is 21.1 Å². The Bertz CT molecular complexity index is 1210. The first-order valence-corrected chi connectivity index (χ1v) is 13.1. The van der Waals surface area contributed by atoms with E-state index < -0.39 is 11.6 Å². The van der Waals surface area contributed by atoms with E-state index in [0.29, 0.717) is 27.4 Å². The molecule has 0 saturated carbocycles. The summed E-state index contributed by atoms with van der Waals surface area (Å²) in [4.78, 5) is 28.9. The van der Waals surface area contributed by atoms with Crippen LogP contribution in [0.3, 0.4) is 0 Å². The van der Waals surface area contributed by atoms with Crippen LogP contribution in [0.15, 0.2) is 77.3 Å². The summed E-state index contributed by atoms with van der Waals surface area (Å²) in [6.07, 6.45) is 0.350. The number of amides is 2. The lowest BCUT2D eigenvalue weighted by atomic mass is 10.0. The lowest BCUT2D eigenvalue weighted by molar-refractivity contribution is -0.143. The van der Waals surface area contributed by atoms with Crippen LogP contribution in [0.2, 0.25) is 5.02 Å². The molecule has 0 fully saturated rings. The van der Waals surface area contributed by atoms with E-state index in [1.807, 2.05) is 75.4 Å². The van der Waals surface area contributed by atoms with E-state index in [1.165, 1.54) is 0 Å². The average Bonchev–Trinajstić information content (AvgIpc) is 2.85. The lowest BCUT2D eigenvalue weighted by Crippen LogP contribution is -2.55. The van der Waals surface area contributed by atoms with Crippen molar-refractivity contribution in [3.8, 4) is 11.5 Å². The molecule has 0 heterocycles. The Morgan fingerprint density at radius 3 is 2.35 bits per heavy atom. The zero-order valence-electron chi connectivity index (χ0n) is 21.5. The molecule has 0 saturated heterocycles. The van der Waals surface area contributed by atoms with Gasteiger partial charge in [-0.15, -0.1) is 0 Å². The predicted molar refractivity (Wildman–Crippen MR) is 150 cm³/mol. The van der Waals surface area contributed by atoms with Crippen LogP contribution in [0, 0.1) is 0 Å². The number of hydrogen-bond acceptors (Lipinski definition) is 4. The van der Waals surface area contributed by atoms with Gasteiger partial charge in [-0.05, 0) is 78.2 Å². The quantitative estimate of drug-likeness (QED) is 0.314. The van der Waals surface area contributed by atoms with Gasteiger partial charge >= 0.3 is 0 Å². The van der Waals surface area contributed by atoms with Gasteiger partial charge in [0.25, 0.3) is 5.91 Å². The maximum Gasteiger partial charge on any atom is 0.261 e. The third kappa shape index (κ3) is 8.79. The minimum atomic E-state index is -0.766. The van der Waals surface area contributed by atoms with Crippen LogP contribution in [0.1, 0.15) is 31.9 Å². The number of hydrogen-bond donors (Lipinski definition) is 1. The zero-order valence-corrected chi connectivity index (χ0v) is 23.8. The van der Waals surface area contributed by atoms with Crippen molar-refractivity contribution in [1.82, 2.24) is 10.2 Å². The number of carbonyl (C=O) groups excluding carboxylic acids is 2. The van der Waals surface area contributed by atoms with Crippen molar-refractivity contribution in [3.63, 3.8) is 0 Å². The Morgan fingerprint density at radius 1 is 1.00 bits per heavy atom. The average molecular weight is 588 g/mol. The largest absolute Gasteiger partial charge is 0.497 e. The van der Waals surface area contributed by atoms with Gasteiger partial charge in [-0.1, -0.05) is 54.1 Å². The van der Waals surface area contributed by atoms with Gasteiger partial charge in [-0.2, -0.15) is 0 Å². The lowest BCUT2D eigenvalue weighted by Gasteiger charge is -2.33. The molecule has 0 bridgehead atoms. The minimum Gasteiger partial charge on any atom is -0.497 e. The maximum atomic E-state index is 13.7. The van der Waals surface area contributed by atoms with Crippen LogP contribution in [-0.4, -0.2) is 42.0 Å². The third-order valence-corrected chi connectivity index (χ3v) is 6.36. The first-order valence-electron chi connectivity index (χ1n) is 11.9. The van der Waals surface area contributed by atoms with E-state index in [2.05, 4.69) is 21.2 Å². The van der Waals surface area contributed by atoms with Crippen LogP contribution in [0.4, 0.5) is 0 Å². The van der Waals surface area contributed by atoms with Crippen molar-refractivity contribution in [2.24, 2.45) is 0 Å². The van der Waals surface area contributed by atoms with Crippen molar-refractivity contribution >= 4 is 39.3 Å². The number of rotatable bonds is 10. The standard InChI is InChI=1S/C29H32BrClN2O4/c1-29(2,3)32-28(35)25(16-20-9-6-5-7-10-20)33(18-21-11-8-12-23(15-21)36-4)27(34)19-37-26-14-13-22(31)17-24(26)30/h5-15,17,25H,16,18-19H2,1-4H3,(H,32,35)/t25-/m1/s1. The summed E-state index contributed by atoms with van der Waals surface area (Å²) >= 11 is 9.46. The second-order valence-corrected chi connectivity index (χ2v) is 11.0. The van der Waals surface area contributed by atoms with Crippen molar-refractivity contribution in [2.75, 3.05) is 13.7 Å². The van der Waals surface area contributed by atoms with E-state index >= 15 is 0 Å². The molecule has 3 aromatic rings. The van der Waals surface area contributed by atoms with E-state index in [1.54, 1.807) is 30.2 Å². The second-order valence-electron chi connectivity index (χ2n) is 9.68. The number of nitrogens with zero attached hydrogens (tertiary/aromatic N) is 1. The molecule has 3 aromatic carbocycles. The topological polar surface area (TPSA) is 67.9 Å². The summed E-state index contributed by atoms with van der Waals surface area (Å²) in [5.74, 6) is 0.595. The van der Waals surface area contributed by atoms with Crippen molar-refractivity contribution in [1.29, 1.82) is 0 Å². The molecule has 0 aromatic heterocycles. The highest BCUT2D eigenvalue weighted by molar-refractivity contribution is 9.10. The molecule has 0 aliphatic heterocycles. The number of methoxy groups -OCH3 is 1. The molecular formula is C29H32BrClN2O4. The summed E-state index contributed by atoms with van der Waals surface area (Å²) in [7, 11) is 1.59. The first-order chi connectivity index (χ1) is 17.6. The minimum absolute atomic E-state index is 0.205. The van der Waals surface area contributed by atoms with Gasteiger partial charge in [0.1, 0.15) is 17.5 Å². The monoisotopic (exact) mass is 586 g/mol. The molecule has 0 unspecified atom stereocenters. The van der Waals surface area contributed by atoms with Crippen molar-refractivity contribution < 1.29 is 19.1 Å². The number of nitrogens with one attached hydrogen (secondary N) is 1. The summed E-state index contributed by atoms with van der Waals surface area (Å²) in [5, 5.41) is 3.60. The Kier molecular flexibility index (Phi) is 10.0. The van der Waals surface area contributed by atoms with Gasteiger partial charge in [-0.25, -0.2) is 0 Å². The fourth-order valence-corrected chi connectivity index (χ4v) is 4.59. The fourth-order valence-electron chi connectivity index (χ4n) is 3.79. The van der Waals surface area contributed by atoms with Crippen LogP contribution in [0.5, 0.6) is 11.5 Å². The van der Waals surface area contributed by atoms with Gasteiger partial charge in [0.2, 0.25) is 5.91 Å². The predicted octanol–water partition coefficient (Wildman–Crippen LogP) is 6.04. The van der Waals surface area contributed by atoms with Crippen molar-refractivity contribution in [2.45, 2.75) is 45.3 Å². The highest BCUT2D eigenvalue weighted by Crippen LogP contribution is 2.28. The van der Waals surface area contributed by atoms with Crippen molar-refractivity contribution in [3.05, 3.63) is 93.4 Å². The van der Waals surface area contributed by atoms with Crippen LogP contribution in [0.25, 0.3) is 0 Å². The molecule has 0 radical (unpaired) electrons. The molecule has 6 nitrogen and oxygen atoms in total. The van der Waals surface area contributed by atoms with Gasteiger partial charge in [0, 0.05) is 23.5 Å². The molecule has 1 N–H and O–H groups in total.